The first-order valence-corrected chi connectivity index (χ1v) is 18.8. The Labute approximate surface area is 325 Å². The Bertz CT molecular complexity index is 2080. The average molecular weight is 765 g/mol. The molecule has 0 bridgehead atoms. The van der Waals surface area contributed by atoms with Gasteiger partial charge in [-0.15, -0.1) is 0 Å². The van der Waals surface area contributed by atoms with Crippen LogP contribution >= 0.6 is 0 Å². The first-order chi connectivity index (χ1) is 26.9. The summed E-state index contributed by atoms with van der Waals surface area (Å²) < 4.78 is 10.5. The lowest BCUT2D eigenvalue weighted by Gasteiger charge is -2.37. The van der Waals surface area contributed by atoms with Crippen molar-refractivity contribution in [3.05, 3.63) is 83.7 Å². The van der Waals surface area contributed by atoms with Crippen LogP contribution in [0.5, 0.6) is 0 Å². The summed E-state index contributed by atoms with van der Waals surface area (Å²) in [6.07, 6.45) is 3.15. The molecule has 0 saturated carbocycles. The van der Waals surface area contributed by atoms with E-state index in [0.717, 1.165) is 46.5 Å². The highest BCUT2D eigenvalue weighted by molar-refractivity contribution is 5.87. The van der Waals surface area contributed by atoms with Crippen LogP contribution in [0, 0.1) is 23.7 Å². The van der Waals surface area contributed by atoms with Crippen LogP contribution in [0.25, 0.3) is 22.5 Å². The van der Waals surface area contributed by atoms with E-state index in [-0.39, 0.29) is 36.3 Å². The van der Waals surface area contributed by atoms with E-state index in [9.17, 15) is 24.3 Å². The topological polar surface area (TPSA) is 195 Å². The zero-order valence-electron chi connectivity index (χ0n) is 32.2. The zero-order valence-corrected chi connectivity index (χ0v) is 32.2. The van der Waals surface area contributed by atoms with E-state index in [0.29, 0.717) is 31.3 Å². The maximum absolute atomic E-state index is 13.6. The number of likely N-dealkylation sites (tertiary alicyclic amines) is 1. The summed E-state index contributed by atoms with van der Waals surface area (Å²) in [5, 5.41) is 14.3. The van der Waals surface area contributed by atoms with Gasteiger partial charge in [0.1, 0.15) is 29.8 Å². The van der Waals surface area contributed by atoms with Crippen LogP contribution in [0.15, 0.2) is 60.9 Å². The lowest BCUT2D eigenvalue weighted by molar-refractivity contribution is -0.143. The van der Waals surface area contributed by atoms with Crippen LogP contribution in [-0.2, 0) is 19.1 Å². The maximum Gasteiger partial charge on any atom is 0.407 e. The summed E-state index contributed by atoms with van der Waals surface area (Å²) in [7, 11) is 1.27. The summed E-state index contributed by atoms with van der Waals surface area (Å²) in [6, 6.07) is 13.3. The normalized spacial score (nSPS) is 17.9. The van der Waals surface area contributed by atoms with Gasteiger partial charge in [-0.2, -0.15) is 0 Å². The zero-order chi connectivity index (χ0) is 39.9. The molecule has 2 saturated heterocycles. The molecule has 6 rings (SSSR count). The molecule has 15 nitrogen and oxygen atoms in total. The molecule has 4 unspecified atom stereocenters. The van der Waals surface area contributed by atoms with Crippen LogP contribution in [-0.4, -0.2) is 104 Å². The Morgan fingerprint density at radius 1 is 0.786 bits per heavy atom. The van der Waals surface area contributed by atoms with Crippen molar-refractivity contribution in [2.45, 2.75) is 64.7 Å². The van der Waals surface area contributed by atoms with Crippen LogP contribution in [0.4, 0.5) is 9.59 Å². The Hall–Kier alpha value is -6.14. The molecule has 2 aliphatic rings. The number of alkyl carbamates (subject to hydrolysis) is 1. The van der Waals surface area contributed by atoms with Gasteiger partial charge in [-0.25, -0.2) is 19.6 Å². The van der Waals surface area contributed by atoms with Crippen LogP contribution < -0.4 is 10.6 Å². The number of imidazole rings is 2. The number of aromatic amines is 2. The van der Waals surface area contributed by atoms with Crippen molar-refractivity contribution in [3.8, 4) is 34.4 Å². The third-order valence-electron chi connectivity index (χ3n) is 10.1. The van der Waals surface area contributed by atoms with Gasteiger partial charge in [0.2, 0.25) is 11.8 Å². The fourth-order valence-electron chi connectivity index (χ4n) is 7.03. The fourth-order valence-corrected chi connectivity index (χ4v) is 7.03. The van der Waals surface area contributed by atoms with Crippen molar-refractivity contribution < 1.29 is 33.8 Å². The molecule has 2 aromatic carbocycles. The minimum absolute atomic E-state index is 0.153. The van der Waals surface area contributed by atoms with Crippen molar-refractivity contribution >= 4 is 24.0 Å². The van der Waals surface area contributed by atoms with Crippen molar-refractivity contribution in [2.24, 2.45) is 11.8 Å². The van der Waals surface area contributed by atoms with Gasteiger partial charge < -0.3 is 45.0 Å². The minimum Gasteiger partial charge on any atom is -0.465 e. The highest BCUT2D eigenvalue weighted by Gasteiger charge is 2.38. The van der Waals surface area contributed by atoms with Gasteiger partial charge in [0.05, 0.1) is 50.1 Å². The second kappa shape index (κ2) is 17.5. The Kier molecular flexibility index (Phi) is 12.4. The lowest BCUT2D eigenvalue weighted by Crippen LogP contribution is -2.54. The number of morpholine rings is 1. The largest absolute Gasteiger partial charge is 0.465 e. The van der Waals surface area contributed by atoms with E-state index in [1.54, 1.807) is 22.2 Å². The number of hydrogen-bond donors (Lipinski definition) is 5. The number of carbonyl (C=O) groups excluding carboxylic acids is 3. The van der Waals surface area contributed by atoms with E-state index in [4.69, 9.17) is 9.47 Å². The molecule has 2 fully saturated rings. The predicted molar refractivity (Wildman–Crippen MR) is 207 cm³/mol. The minimum atomic E-state index is -1.22. The number of benzene rings is 2. The number of hydrogen-bond acceptors (Lipinski definition) is 8. The number of aromatic nitrogens is 4. The standard InChI is InChI=1S/C41H48N8O7/c1-24(2)34(46-40(52)53)38(50)48-18-6-7-32(48)36-42-21-30(44-36)28-14-10-26(11-15-28)8-9-27-12-16-29(17-13-27)31-22-43-37(45-31)33-23-56-20-19-49(33)39(51)35(25(3)4)47-41(54)55-5/h10-17,21-22,24-25,32-35,46H,6-7,18-20,23H2,1-5H3,(H,42,44)(H,43,45)(H,47,54)(H,52,53). The summed E-state index contributed by atoms with van der Waals surface area (Å²) in [5.74, 6) is 6.90. The van der Waals surface area contributed by atoms with E-state index < -0.39 is 30.3 Å². The number of ether oxygens (including phenoxy) is 2. The van der Waals surface area contributed by atoms with Crippen LogP contribution in [0.3, 0.4) is 0 Å². The van der Waals surface area contributed by atoms with Crippen molar-refractivity contribution in [2.75, 3.05) is 33.4 Å². The molecule has 0 radical (unpaired) electrons. The van der Waals surface area contributed by atoms with Gasteiger partial charge in [-0.3, -0.25) is 9.59 Å². The van der Waals surface area contributed by atoms with Crippen molar-refractivity contribution in [1.82, 2.24) is 40.4 Å². The number of nitrogens with one attached hydrogen (secondary N) is 4. The maximum atomic E-state index is 13.6. The molecule has 2 aliphatic heterocycles. The Balaban J connectivity index is 1.09. The van der Waals surface area contributed by atoms with Gasteiger partial charge in [0, 0.05) is 24.2 Å². The van der Waals surface area contributed by atoms with E-state index in [1.807, 2.05) is 76.2 Å². The number of carbonyl (C=O) groups is 4. The number of H-pyrrole nitrogens is 2. The number of amides is 4. The molecule has 4 atom stereocenters. The SMILES string of the molecule is COC(=O)NC(C(=O)N1CCOCC1c1ncc(-c2ccc(C#Cc3ccc(-c4cnc(C5CCCN5C(=O)C(NC(=O)O)C(C)C)[nH]4)cc3)cc2)[nH]1)C(C)C. The molecule has 4 amide bonds. The number of methoxy groups -OCH3 is 1. The third kappa shape index (κ3) is 9.03. The van der Waals surface area contributed by atoms with Crippen molar-refractivity contribution in [1.29, 1.82) is 0 Å². The molecule has 5 N–H and O–H groups in total. The number of rotatable bonds is 10. The molecule has 56 heavy (non-hydrogen) atoms. The first kappa shape index (κ1) is 39.6. The van der Waals surface area contributed by atoms with Gasteiger partial charge in [0.15, 0.2) is 0 Å². The Morgan fingerprint density at radius 2 is 1.29 bits per heavy atom. The van der Waals surface area contributed by atoms with Crippen molar-refractivity contribution in [3.63, 3.8) is 0 Å². The van der Waals surface area contributed by atoms with Crippen LogP contribution in [0.1, 0.15) is 75.4 Å². The summed E-state index contributed by atoms with van der Waals surface area (Å²) >= 11 is 0. The Morgan fingerprint density at radius 3 is 1.79 bits per heavy atom. The van der Waals surface area contributed by atoms with Crippen LogP contribution in [0.2, 0.25) is 0 Å². The molecule has 4 aromatic rings. The monoisotopic (exact) mass is 764 g/mol. The summed E-state index contributed by atoms with van der Waals surface area (Å²) in [4.78, 5) is 69.5. The fraction of sp³-hybridized carbons (Fsp3) is 0.415. The molecule has 4 heterocycles. The summed E-state index contributed by atoms with van der Waals surface area (Å²) in [5.41, 5.74) is 5.09. The average Bonchev–Trinajstić information content (AvgIpc) is 4.00. The molecule has 2 aromatic heterocycles. The molecule has 0 spiro atoms. The number of carboxylic acid groups (broad SMARTS) is 1. The lowest BCUT2D eigenvalue weighted by atomic mass is 10.0. The van der Waals surface area contributed by atoms with Gasteiger partial charge >= 0.3 is 12.2 Å². The predicted octanol–water partition coefficient (Wildman–Crippen LogP) is 5.10. The summed E-state index contributed by atoms with van der Waals surface area (Å²) in [6.45, 7) is 8.95. The van der Waals surface area contributed by atoms with Gasteiger partial charge in [-0.05, 0) is 60.1 Å². The third-order valence-corrected chi connectivity index (χ3v) is 10.1. The molecule has 0 aliphatic carbocycles. The van der Waals surface area contributed by atoms with Gasteiger partial charge in [-0.1, -0.05) is 63.8 Å². The highest BCUT2D eigenvalue weighted by atomic mass is 16.5. The van der Waals surface area contributed by atoms with Gasteiger partial charge in [0.25, 0.3) is 0 Å². The second-order valence-electron chi connectivity index (χ2n) is 14.6. The molecular weight excluding hydrogens is 716 g/mol. The highest BCUT2D eigenvalue weighted by Crippen LogP contribution is 2.33. The first-order valence-electron chi connectivity index (χ1n) is 18.8. The molecule has 294 valence electrons. The quantitative estimate of drug-likeness (QED) is 0.137. The smallest absolute Gasteiger partial charge is 0.407 e. The van der Waals surface area contributed by atoms with E-state index in [2.05, 4.69) is 42.4 Å². The molecule has 15 heteroatoms. The van der Waals surface area contributed by atoms with E-state index >= 15 is 0 Å². The number of nitrogens with zero attached hydrogens (tertiary/aromatic N) is 4. The molecular formula is C41H48N8O7. The second-order valence-corrected chi connectivity index (χ2v) is 14.6. The van der Waals surface area contributed by atoms with E-state index in [1.165, 1.54) is 7.11 Å².